The molecule has 0 amide bonds. The molecule has 0 radical (unpaired) electrons. The third kappa shape index (κ3) is 2.93. The number of rotatable bonds is 4. The highest BCUT2D eigenvalue weighted by molar-refractivity contribution is 7.92. The van der Waals surface area contributed by atoms with Crippen molar-refractivity contribution < 1.29 is 8.42 Å². The first-order valence-corrected chi connectivity index (χ1v) is 6.32. The molecule has 1 N–H and O–H groups in total. The molecule has 0 aromatic heterocycles. The summed E-state index contributed by atoms with van der Waals surface area (Å²) >= 11 is 0. The van der Waals surface area contributed by atoms with Crippen molar-refractivity contribution in [3.8, 4) is 0 Å². The summed E-state index contributed by atoms with van der Waals surface area (Å²) in [6.45, 7) is 2.16. The molecule has 1 rings (SSSR count). The molecule has 13 heavy (non-hydrogen) atoms. The van der Waals surface area contributed by atoms with Crippen LogP contribution in [-0.2, 0) is 9.84 Å². The first kappa shape index (κ1) is 10.9. The van der Waals surface area contributed by atoms with E-state index >= 15 is 0 Å². The Morgan fingerprint density at radius 2 is 2.23 bits per heavy atom. The third-order valence-electron chi connectivity index (χ3n) is 2.49. The van der Waals surface area contributed by atoms with Gasteiger partial charge in [0.15, 0.2) is 9.84 Å². The van der Waals surface area contributed by atoms with Gasteiger partial charge in [0, 0.05) is 13.1 Å². The van der Waals surface area contributed by atoms with Crippen LogP contribution in [0.5, 0.6) is 0 Å². The van der Waals surface area contributed by atoms with Gasteiger partial charge in [0.1, 0.15) is 0 Å². The van der Waals surface area contributed by atoms with Crippen LogP contribution in [0.1, 0.15) is 6.42 Å². The van der Waals surface area contributed by atoms with Gasteiger partial charge in [-0.05, 0) is 27.1 Å². The highest BCUT2D eigenvalue weighted by Crippen LogP contribution is 2.15. The molecular formula is C8H18N2O2S. The Hall–Kier alpha value is -0.130. The number of sulfone groups is 1. The van der Waals surface area contributed by atoms with Gasteiger partial charge in [0.05, 0.1) is 11.0 Å². The Morgan fingerprint density at radius 1 is 1.54 bits per heavy atom. The van der Waals surface area contributed by atoms with E-state index in [1.165, 1.54) is 0 Å². The minimum atomic E-state index is -2.86. The molecule has 4 nitrogen and oxygen atoms in total. The molecule has 0 spiro atoms. The standard InChI is InChI=1S/C8H18N2O2S/c1-9-4-6-13(11,12)8-3-5-10(2)7-8/h8-9H,3-7H2,1-2H3. The second-order valence-electron chi connectivity index (χ2n) is 3.64. The van der Waals surface area contributed by atoms with Gasteiger partial charge in [-0.1, -0.05) is 0 Å². The Kier molecular flexibility index (Phi) is 3.70. The van der Waals surface area contributed by atoms with Crippen LogP contribution < -0.4 is 5.32 Å². The summed E-state index contributed by atoms with van der Waals surface area (Å²) in [5.41, 5.74) is 0. The fourth-order valence-corrected chi connectivity index (χ4v) is 3.37. The lowest BCUT2D eigenvalue weighted by Crippen LogP contribution is -2.30. The lowest BCUT2D eigenvalue weighted by atomic mass is 10.4. The second-order valence-corrected chi connectivity index (χ2v) is 6.04. The summed E-state index contributed by atoms with van der Waals surface area (Å²) in [6, 6.07) is 0. The van der Waals surface area contributed by atoms with Crippen molar-refractivity contribution in [2.75, 3.05) is 39.5 Å². The van der Waals surface area contributed by atoms with Crippen molar-refractivity contribution in [2.45, 2.75) is 11.7 Å². The van der Waals surface area contributed by atoms with Crippen LogP contribution in [0, 0.1) is 0 Å². The lowest BCUT2D eigenvalue weighted by molar-refractivity contribution is 0.417. The lowest BCUT2D eigenvalue weighted by Gasteiger charge is -2.11. The van der Waals surface area contributed by atoms with Crippen LogP contribution in [0.3, 0.4) is 0 Å². The van der Waals surface area contributed by atoms with E-state index in [-0.39, 0.29) is 11.0 Å². The number of likely N-dealkylation sites (tertiary alicyclic amines) is 1. The maximum atomic E-state index is 11.7. The van der Waals surface area contributed by atoms with Crippen molar-refractivity contribution >= 4 is 9.84 Å². The average Bonchev–Trinajstić information content (AvgIpc) is 2.49. The monoisotopic (exact) mass is 206 g/mol. The van der Waals surface area contributed by atoms with E-state index in [1.807, 2.05) is 7.05 Å². The summed E-state index contributed by atoms with van der Waals surface area (Å²) in [5, 5.41) is 2.73. The van der Waals surface area contributed by atoms with Crippen molar-refractivity contribution in [1.82, 2.24) is 10.2 Å². The van der Waals surface area contributed by atoms with Gasteiger partial charge in [0.2, 0.25) is 0 Å². The van der Waals surface area contributed by atoms with E-state index < -0.39 is 9.84 Å². The first-order chi connectivity index (χ1) is 6.06. The summed E-state index contributed by atoms with van der Waals surface area (Å²) < 4.78 is 23.3. The highest BCUT2D eigenvalue weighted by atomic mass is 32.2. The predicted octanol–water partition coefficient (Wildman–Crippen LogP) is -0.675. The SMILES string of the molecule is CNCCS(=O)(=O)C1CCN(C)C1. The Labute approximate surface area is 80.2 Å². The number of hydrogen-bond donors (Lipinski definition) is 1. The van der Waals surface area contributed by atoms with E-state index in [1.54, 1.807) is 7.05 Å². The topological polar surface area (TPSA) is 49.4 Å². The van der Waals surface area contributed by atoms with Gasteiger partial charge in [-0.25, -0.2) is 8.42 Å². The van der Waals surface area contributed by atoms with Crippen LogP contribution in [0.2, 0.25) is 0 Å². The molecule has 0 saturated carbocycles. The molecule has 1 aliphatic heterocycles. The number of nitrogens with one attached hydrogen (secondary N) is 1. The summed E-state index contributed by atoms with van der Waals surface area (Å²) in [4.78, 5) is 2.07. The van der Waals surface area contributed by atoms with Gasteiger partial charge in [-0.3, -0.25) is 0 Å². The van der Waals surface area contributed by atoms with E-state index in [2.05, 4.69) is 10.2 Å². The van der Waals surface area contributed by atoms with Gasteiger partial charge in [0.25, 0.3) is 0 Å². The minimum Gasteiger partial charge on any atom is -0.319 e. The molecule has 0 bridgehead atoms. The van der Waals surface area contributed by atoms with Crippen molar-refractivity contribution in [1.29, 1.82) is 0 Å². The van der Waals surface area contributed by atoms with E-state index in [0.29, 0.717) is 13.1 Å². The van der Waals surface area contributed by atoms with Gasteiger partial charge in [-0.15, -0.1) is 0 Å². The van der Waals surface area contributed by atoms with Crippen molar-refractivity contribution in [3.05, 3.63) is 0 Å². The fraction of sp³-hybridized carbons (Fsp3) is 1.00. The van der Waals surface area contributed by atoms with E-state index in [4.69, 9.17) is 0 Å². The van der Waals surface area contributed by atoms with Crippen LogP contribution in [0.4, 0.5) is 0 Å². The van der Waals surface area contributed by atoms with Gasteiger partial charge < -0.3 is 10.2 Å². The third-order valence-corrected chi connectivity index (χ3v) is 4.67. The molecule has 0 aromatic rings. The molecule has 1 saturated heterocycles. The minimum absolute atomic E-state index is 0.133. The molecule has 78 valence electrons. The zero-order chi connectivity index (χ0) is 9.90. The molecule has 0 aromatic carbocycles. The predicted molar refractivity (Wildman–Crippen MR) is 53.6 cm³/mol. The summed E-state index contributed by atoms with van der Waals surface area (Å²) in [6.07, 6.45) is 0.794. The Morgan fingerprint density at radius 3 is 2.69 bits per heavy atom. The van der Waals surface area contributed by atoms with Crippen LogP contribution >= 0.6 is 0 Å². The average molecular weight is 206 g/mol. The maximum absolute atomic E-state index is 11.7. The second kappa shape index (κ2) is 4.39. The first-order valence-electron chi connectivity index (χ1n) is 4.61. The zero-order valence-corrected chi connectivity index (χ0v) is 9.10. The largest absolute Gasteiger partial charge is 0.319 e. The molecule has 1 unspecified atom stereocenters. The maximum Gasteiger partial charge on any atom is 0.155 e. The van der Waals surface area contributed by atoms with Crippen molar-refractivity contribution in [3.63, 3.8) is 0 Å². The Balaban J connectivity index is 2.50. The quantitative estimate of drug-likeness (QED) is 0.662. The number of nitrogens with zero attached hydrogens (tertiary/aromatic N) is 1. The molecule has 1 fully saturated rings. The fourth-order valence-electron chi connectivity index (χ4n) is 1.60. The zero-order valence-electron chi connectivity index (χ0n) is 8.28. The van der Waals surface area contributed by atoms with E-state index in [0.717, 1.165) is 13.0 Å². The summed E-state index contributed by atoms with van der Waals surface area (Å²) in [7, 11) is 0.881. The molecule has 0 aliphatic carbocycles. The van der Waals surface area contributed by atoms with Crippen molar-refractivity contribution in [2.24, 2.45) is 0 Å². The molecule has 1 aliphatic rings. The number of hydrogen-bond acceptors (Lipinski definition) is 4. The molecular weight excluding hydrogens is 188 g/mol. The molecule has 1 heterocycles. The molecule has 5 heteroatoms. The van der Waals surface area contributed by atoms with E-state index in [9.17, 15) is 8.42 Å². The summed E-state index contributed by atoms with van der Waals surface area (Å²) in [5.74, 6) is 0.266. The van der Waals surface area contributed by atoms with Crippen LogP contribution in [0.25, 0.3) is 0 Å². The van der Waals surface area contributed by atoms with Gasteiger partial charge >= 0.3 is 0 Å². The van der Waals surface area contributed by atoms with Crippen LogP contribution in [-0.4, -0.2) is 58.1 Å². The molecule has 1 atom stereocenters. The smallest absolute Gasteiger partial charge is 0.155 e. The Bertz CT molecular complexity index is 251. The van der Waals surface area contributed by atoms with Crippen LogP contribution in [0.15, 0.2) is 0 Å². The normalized spacial score (nSPS) is 25.2. The van der Waals surface area contributed by atoms with Gasteiger partial charge in [-0.2, -0.15) is 0 Å². The highest BCUT2D eigenvalue weighted by Gasteiger charge is 2.30.